The highest BCUT2D eigenvalue weighted by Gasteiger charge is 2.22. The van der Waals surface area contributed by atoms with Gasteiger partial charge < -0.3 is 15.5 Å². The Balaban J connectivity index is 1.81. The van der Waals surface area contributed by atoms with E-state index in [9.17, 15) is 19.4 Å². The standard InChI is InChI=1S/C22H19ClFNO3/c23-19-12-18(24)9-7-15(19)8-10-21(28)25-22(20(27)13-26)17-6-5-14-3-1-2-4-16(14)11-17/h1-12,20,22,26-27H,13H2,(H,25,28)/b10-8+. The molecule has 1 amide bonds. The van der Waals surface area contributed by atoms with Crippen LogP contribution in [0.4, 0.5) is 4.39 Å². The number of rotatable bonds is 6. The minimum Gasteiger partial charge on any atom is -0.394 e. The number of halogens is 2. The first-order valence-corrected chi connectivity index (χ1v) is 9.07. The maximum Gasteiger partial charge on any atom is 0.244 e. The topological polar surface area (TPSA) is 69.6 Å². The summed E-state index contributed by atoms with van der Waals surface area (Å²) in [6.45, 7) is -0.509. The number of carbonyl (C=O) groups excluding carboxylic acids is 1. The second-order valence-corrected chi connectivity index (χ2v) is 6.75. The average molecular weight is 400 g/mol. The third-order valence-corrected chi connectivity index (χ3v) is 4.71. The molecule has 0 radical (unpaired) electrons. The van der Waals surface area contributed by atoms with Gasteiger partial charge in [0.2, 0.25) is 5.91 Å². The molecule has 0 aliphatic rings. The normalized spacial score (nSPS) is 13.6. The van der Waals surface area contributed by atoms with E-state index in [4.69, 9.17) is 11.6 Å². The maximum absolute atomic E-state index is 13.1. The van der Waals surface area contributed by atoms with Gasteiger partial charge in [0.15, 0.2) is 0 Å². The molecule has 6 heteroatoms. The summed E-state index contributed by atoms with van der Waals surface area (Å²) in [5.74, 6) is -0.944. The van der Waals surface area contributed by atoms with E-state index in [1.165, 1.54) is 24.3 Å². The second kappa shape index (κ2) is 8.97. The van der Waals surface area contributed by atoms with Gasteiger partial charge >= 0.3 is 0 Å². The van der Waals surface area contributed by atoms with Gasteiger partial charge in [0.1, 0.15) is 11.9 Å². The van der Waals surface area contributed by atoms with Crippen LogP contribution in [0.5, 0.6) is 0 Å². The van der Waals surface area contributed by atoms with Gasteiger partial charge in [-0.15, -0.1) is 0 Å². The number of aliphatic hydroxyl groups is 2. The predicted octanol–water partition coefficient (Wildman–Crippen LogP) is 3.86. The third kappa shape index (κ3) is 4.75. The number of aliphatic hydroxyl groups excluding tert-OH is 2. The number of benzene rings is 3. The summed E-state index contributed by atoms with van der Waals surface area (Å²) in [4.78, 5) is 12.4. The van der Waals surface area contributed by atoms with E-state index in [1.54, 1.807) is 6.07 Å². The van der Waals surface area contributed by atoms with E-state index >= 15 is 0 Å². The van der Waals surface area contributed by atoms with Gasteiger partial charge in [0.05, 0.1) is 17.7 Å². The van der Waals surface area contributed by atoms with E-state index in [0.29, 0.717) is 11.1 Å². The smallest absolute Gasteiger partial charge is 0.244 e. The van der Waals surface area contributed by atoms with Crippen molar-refractivity contribution in [3.05, 3.63) is 88.7 Å². The summed E-state index contributed by atoms with van der Waals surface area (Å²) in [6.07, 6.45) is 1.53. The Kier molecular flexibility index (Phi) is 6.41. The molecule has 0 aliphatic heterocycles. The zero-order valence-corrected chi connectivity index (χ0v) is 15.6. The highest BCUT2D eigenvalue weighted by atomic mass is 35.5. The van der Waals surface area contributed by atoms with Crippen molar-refractivity contribution in [2.75, 3.05) is 6.61 Å². The van der Waals surface area contributed by atoms with E-state index < -0.39 is 30.5 Å². The molecule has 0 aromatic heterocycles. The van der Waals surface area contributed by atoms with E-state index in [2.05, 4.69) is 5.32 Å². The van der Waals surface area contributed by atoms with Crippen LogP contribution in [0.3, 0.4) is 0 Å². The number of carbonyl (C=O) groups is 1. The van der Waals surface area contributed by atoms with Crippen LogP contribution >= 0.6 is 11.6 Å². The van der Waals surface area contributed by atoms with Crippen LogP contribution in [0.1, 0.15) is 17.2 Å². The van der Waals surface area contributed by atoms with Crippen LogP contribution in [-0.2, 0) is 4.79 Å². The Morgan fingerprint density at radius 2 is 1.86 bits per heavy atom. The molecule has 144 valence electrons. The number of hydrogen-bond acceptors (Lipinski definition) is 3. The molecule has 0 saturated heterocycles. The Morgan fingerprint density at radius 1 is 1.11 bits per heavy atom. The summed E-state index contributed by atoms with van der Waals surface area (Å²) < 4.78 is 13.1. The molecule has 0 spiro atoms. The zero-order chi connectivity index (χ0) is 20.1. The fourth-order valence-corrected chi connectivity index (χ4v) is 3.14. The van der Waals surface area contributed by atoms with Crippen molar-refractivity contribution in [3.63, 3.8) is 0 Å². The number of nitrogens with one attached hydrogen (secondary N) is 1. The van der Waals surface area contributed by atoms with Crippen molar-refractivity contribution in [1.29, 1.82) is 0 Å². The number of amides is 1. The number of hydrogen-bond donors (Lipinski definition) is 3. The van der Waals surface area contributed by atoms with Crippen LogP contribution in [-0.4, -0.2) is 28.8 Å². The van der Waals surface area contributed by atoms with Gasteiger partial charge in [-0.25, -0.2) is 4.39 Å². The highest BCUT2D eigenvalue weighted by Crippen LogP contribution is 2.23. The lowest BCUT2D eigenvalue weighted by atomic mass is 9.98. The van der Waals surface area contributed by atoms with E-state index in [0.717, 1.165) is 16.8 Å². The van der Waals surface area contributed by atoms with Crippen LogP contribution < -0.4 is 5.32 Å². The van der Waals surface area contributed by atoms with Crippen molar-refractivity contribution >= 4 is 34.4 Å². The first kappa shape index (κ1) is 20.0. The summed E-state index contributed by atoms with van der Waals surface area (Å²) in [7, 11) is 0. The summed E-state index contributed by atoms with van der Waals surface area (Å²) in [6, 6.07) is 16.3. The molecule has 3 aromatic carbocycles. The maximum atomic E-state index is 13.1. The summed E-state index contributed by atoms with van der Waals surface area (Å²) in [5.41, 5.74) is 1.16. The summed E-state index contributed by atoms with van der Waals surface area (Å²) in [5, 5.41) is 24.5. The van der Waals surface area contributed by atoms with Gasteiger partial charge in [-0.05, 0) is 46.2 Å². The predicted molar refractivity (Wildman–Crippen MR) is 108 cm³/mol. The quantitative estimate of drug-likeness (QED) is 0.551. The molecule has 0 fully saturated rings. The highest BCUT2D eigenvalue weighted by molar-refractivity contribution is 6.32. The van der Waals surface area contributed by atoms with Crippen molar-refractivity contribution < 1.29 is 19.4 Å². The van der Waals surface area contributed by atoms with E-state index in [-0.39, 0.29) is 5.02 Å². The molecule has 4 nitrogen and oxygen atoms in total. The molecule has 2 atom stereocenters. The molecule has 28 heavy (non-hydrogen) atoms. The molecule has 2 unspecified atom stereocenters. The molecular formula is C22H19ClFNO3. The Labute approximate surface area is 166 Å². The molecule has 0 aliphatic carbocycles. The van der Waals surface area contributed by atoms with Crippen LogP contribution in [0, 0.1) is 5.82 Å². The average Bonchev–Trinajstić information content (AvgIpc) is 2.70. The van der Waals surface area contributed by atoms with Crippen LogP contribution in [0.2, 0.25) is 5.02 Å². The molecule has 3 N–H and O–H groups in total. The Morgan fingerprint density at radius 3 is 2.57 bits per heavy atom. The van der Waals surface area contributed by atoms with Crippen molar-refractivity contribution in [2.45, 2.75) is 12.1 Å². The van der Waals surface area contributed by atoms with Crippen molar-refractivity contribution in [3.8, 4) is 0 Å². The van der Waals surface area contributed by atoms with Crippen molar-refractivity contribution in [2.24, 2.45) is 0 Å². The molecule has 0 saturated carbocycles. The molecule has 0 bridgehead atoms. The minimum atomic E-state index is -1.17. The summed E-state index contributed by atoms with van der Waals surface area (Å²) >= 11 is 5.95. The largest absolute Gasteiger partial charge is 0.394 e. The Hall–Kier alpha value is -2.73. The first-order chi connectivity index (χ1) is 13.5. The van der Waals surface area contributed by atoms with Crippen LogP contribution in [0.15, 0.2) is 66.7 Å². The van der Waals surface area contributed by atoms with Gasteiger partial charge in [0.25, 0.3) is 0 Å². The van der Waals surface area contributed by atoms with Crippen molar-refractivity contribution in [1.82, 2.24) is 5.32 Å². The van der Waals surface area contributed by atoms with Gasteiger partial charge in [-0.2, -0.15) is 0 Å². The van der Waals surface area contributed by atoms with Crippen LogP contribution in [0.25, 0.3) is 16.8 Å². The lowest BCUT2D eigenvalue weighted by Crippen LogP contribution is -2.37. The number of fused-ring (bicyclic) bond motifs is 1. The second-order valence-electron chi connectivity index (χ2n) is 6.34. The van der Waals surface area contributed by atoms with Gasteiger partial charge in [-0.1, -0.05) is 54.1 Å². The van der Waals surface area contributed by atoms with Gasteiger partial charge in [0, 0.05) is 6.08 Å². The SMILES string of the molecule is O=C(/C=C/c1ccc(F)cc1Cl)NC(c1ccc2ccccc2c1)C(O)CO. The molecule has 3 aromatic rings. The lowest BCUT2D eigenvalue weighted by Gasteiger charge is -2.23. The molecule has 3 rings (SSSR count). The third-order valence-electron chi connectivity index (χ3n) is 4.38. The zero-order valence-electron chi connectivity index (χ0n) is 14.8. The first-order valence-electron chi connectivity index (χ1n) is 8.69. The molecule has 0 heterocycles. The minimum absolute atomic E-state index is 0.186. The Bertz CT molecular complexity index is 1020. The fourth-order valence-electron chi connectivity index (χ4n) is 2.91. The lowest BCUT2D eigenvalue weighted by molar-refractivity contribution is -0.118. The van der Waals surface area contributed by atoms with Gasteiger partial charge in [-0.3, -0.25) is 4.79 Å². The fraction of sp³-hybridized carbons (Fsp3) is 0.136. The molecular weight excluding hydrogens is 381 g/mol. The van der Waals surface area contributed by atoms with E-state index in [1.807, 2.05) is 36.4 Å². The monoisotopic (exact) mass is 399 g/mol.